The molecule has 16 heavy (non-hydrogen) atoms. The summed E-state index contributed by atoms with van der Waals surface area (Å²) in [4.78, 5) is 11.7. The minimum absolute atomic E-state index is 0.0462. The summed E-state index contributed by atoms with van der Waals surface area (Å²) in [5.74, 6) is 0.0462. The van der Waals surface area contributed by atoms with Crippen LogP contribution in [-0.4, -0.2) is 63.0 Å². The molecule has 2 aliphatic rings. The smallest absolute Gasteiger partial charge is 0.235 e. The molecule has 0 spiro atoms. The van der Waals surface area contributed by atoms with E-state index in [2.05, 4.69) is 10.7 Å². The van der Waals surface area contributed by atoms with Gasteiger partial charge in [-0.2, -0.15) is 0 Å². The second-order valence-corrected chi connectivity index (χ2v) is 4.06. The van der Waals surface area contributed by atoms with Gasteiger partial charge in [-0.25, -0.2) is 5.01 Å². The van der Waals surface area contributed by atoms with Gasteiger partial charge in [-0.15, -0.1) is 0 Å². The number of hydrogen-bond donors (Lipinski definition) is 2. The highest BCUT2D eigenvalue weighted by molar-refractivity contribution is 5.76. The summed E-state index contributed by atoms with van der Waals surface area (Å²) in [6, 6.07) is 0.148. The molecule has 0 radical (unpaired) electrons. The number of carbonyl (C=O) groups excluding carboxylic acids is 1. The largest absolute Gasteiger partial charge is 0.379 e. The Kier molecular flexibility index (Phi) is 4.53. The van der Waals surface area contributed by atoms with Crippen LogP contribution in [-0.2, 0) is 14.3 Å². The van der Waals surface area contributed by atoms with Gasteiger partial charge in [0.1, 0.15) is 0 Å². The van der Waals surface area contributed by atoms with E-state index in [0.717, 1.165) is 26.2 Å². The predicted molar refractivity (Wildman–Crippen MR) is 57.8 cm³/mol. The van der Waals surface area contributed by atoms with Crippen molar-refractivity contribution in [1.29, 1.82) is 0 Å². The van der Waals surface area contributed by atoms with E-state index in [1.165, 1.54) is 0 Å². The lowest BCUT2D eigenvalue weighted by Crippen LogP contribution is -2.51. The van der Waals surface area contributed by atoms with Gasteiger partial charge in [-0.1, -0.05) is 0 Å². The van der Waals surface area contributed by atoms with Crippen molar-refractivity contribution < 1.29 is 14.3 Å². The first-order valence-electron chi connectivity index (χ1n) is 5.78. The molecule has 2 heterocycles. The molecule has 0 saturated carbocycles. The highest BCUT2D eigenvalue weighted by atomic mass is 16.5. The van der Waals surface area contributed by atoms with E-state index in [9.17, 15) is 4.79 Å². The van der Waals surface area contributed by atoms with Gasteiger partial charge < -0.3 is 14.8 Å². The zero-order valence-electron chi connectivity index (χ0n) is 9.41. The maximum absolute atomic E-state index is 11.7. The SMILES string of the molecule is O=C(CC1COCCN1)NN1CCOCC1. The average Bonchev–Trinajstić information content (AvgIpc) is 2.31. The van der Waals surface area contributed by atoms with E-state index < -0.39 is 0 Å². The predicted octanol–water partition coefficient (Wildman–Crippen LogP) is -1.27. The summed E-state index contributed by atoms with van der Waals surface area (Å²) >= 11 is 0. The second kappa shape index (κ2) is 6.15. The Morgan fingerprint density at radius 2 is 2.12 bits per heavy atom. The van der Waals surface area contributed by atoms with Gasteiger partial charge in [0.2, 0.25) is 5.91 Å². The zero-order chi connectivity index (χ0) is 11.2. The molecule has 92 valence electrons. The van der Waals surface area contributed by atoms with Crippen LogP contribution in [0.5, 0.6) is 0 Å². The number of amides is 1. The second-order valence-electron chi connectivity index (χ2n) is 4.06. The molecule has 0 bridgehead atoms. The zero-order valence-corrected chi connectivity index (χ0v) is 9.41. The maximum Gasteiger partial charge on any atom is 0.235 e. The topological polar surface area (TPSA) is 62.8 Å². The number of rotatable bonds is 3. The third kappa shape index (κ3) is 3.71. The highest BCUT2D eigenvalue weighted by Gasteiger charge is 2.19. The number of nitrogens with one attached hydrogen (secondary N) is 2. The molecule has 2 saturated heterocycles. The normalized spacial score (nSPS) is 27.6. The van der Waals surface area contributed by atoms with E-state index in [4.69, 9.17) is 9.47 Å². The van der Waals surface area contributed by atoms with Crippen molar-refractivity contribution in [3.05, 3.63) is 0 Å². The summed E-state index contributed by atoms with van der Waals surface area (Å²) in [7, 11) is 0. The standard InChI is InChI=1S/C10H19N3O3/c14-10(7-9-8-16-4-1-11-9)12-13-2-5-15-6-3-13/h9,11H,1-8H2,(H,12,14). The fraction of sp³-hybridized carbons (Fsp3) is 0.900. The van der Waals surface area contributed by atoms with Gasteiger partial charge in [-0.05, 0) is 0 Å². The first-order valence-corrected chi connectivity index (χ1v) is 5.78. The molecule has 0 aliphatic carbocycles. The van der Waals surface area contributed by atoms with Crippen LogP contribution in [0.15, 0.2) is 0 Å². The van der Waals surface area contributed by atoms with E-state index in [1.54, 1.807) is 0 Å². The van der Waals surface area contributed by atoms with Crippen molar-refractivity contribution in [1.82, 2.24) is 15.8 Å². The Balaban J connectivity index is 1.66. The van der Waals surface area contributed by atoms with Crippen LogP contribution in [0.1, 0.15) is 6.42 Å². The van der Waals surface area contributed by atoms with Crippen LogP contribution in [0, 0.1) is 0 Å². The summed E-state index contributed by atoms with van der Waals surface area (Å²) < 4.78 is 10.5. The summed E-state index contributed by atoms with van der Waals surface area (Å²) in [5.41, 5.74) is 2.88. The molecule has 0 aromatic carbocycles. The lowest BCUT2D eigenvalue weighted by Gasteiger charge is -2.28. The van der Waals surface area contributed by atoms with E-state index in [1.807, 2.05) is 5.01 Å². The molecule has 2 fully saturated rings. The van der Waals surface area contributed by atoms with Crippen LogP contribution >= 0.6 is 0 Å². The van der Waals surface area contributed by atoms with Gasteiger partial charge >= 0.3 is 0 Å². The first-order chi connectivity index (χ1) is 7.84. The molecule has 6 nitrogen and oxygen atoms in total. The van der Waals surface area contributed by atoms with Crippen molar-refractivity contribution >= 4 is 5.91 Å². The number of ether oxygens (including phenoxy) is 2. The summed E-state index contributed by atoms with van der Waals surface area (Å²) in [6.07, 6.45) is 0.470. The fourth-order valence-electron chi connectivity index (χ4n) is 1.87. The van der Waals surface area contributed by atoms with Crippen LogP contribution in [0.2, 0.25) is 0 Å². The van der Waals surface area contributed by atoms with E-state index >= 15 is 0 Å². The van der Waals surface area contributed by atoms with Crippen LogP contribution in [0.25, 0.3) is 0 Å². The third-order valence-electron chi connectivity index (χ3n) is 2.72. The quantitative estimate of drug-likeness (QED) is 0.632. The van der Waals surface area contributed by atoms with Gasteiger partial charge in [0, 0.05) is 32.1 Å². The molecule has 2 aliphatic heterocycles. The Hall–Kier alpha value is -0.690. The fourth-order valence-corrected chi connectivity index (χ4v) is 1.87. The third-order valence-corrected chi connectivity index (χ3v) is 2.72. The lowest BCUT2D eigenvalue weighted by molar-refractivity contribution is -0.129. The lowest BCUT2D eigenvalue weighted by atomic mass is 10.2. The van der Waals surface area contributed by atoms with E-state index in [0.29, 0.717) is 26.2 Å². The number of hydrazine groups is 1. The molecule has 1 unspecified atom stereocenters. The highest BCUT2D eigenvalue weighted by Crippen LogP contribution is 1.99. The Labute approximate surface area is 95.2 Å². The molecule has 2 N–H and O–H groups in total. The Morgan fingerprint density at radius 3 is 2.81 bits per heavy atom. The molecule has 0 aromatic heterocycles. The van der Waals surface area contributed by atoms with Crippen molar-refractivity contribution in [3.8, 4) is 0 Å². The van der Waals surface area contributed by atoms with Crippen molar-refractivity contribution in [2.24, 2.45) is 0 Å². The molecule has 1 atom stereocenters. The average molecular weight is 229 g/mol. The first kappa shape index (κ1) is 11.8. The molecule has 2 rings (SSSR count). The Morgan fingerprint density at radius 1 is 1.31 bits per heavy atom. The number of nitrogens with zero attached hydrogens (tertiary/aromatic N) is 1. The van der Waals surface area contributed by atoms with Gasteiger partial charge in [-0.3, -0.25) is 10.2 Å². The van der Waals surface area contributed by atoms with E-state index in [-0.39, 0.29) is 11.9 Å². The minimum Gasteiger partial charge on any atom is -0.379 e. The summed E-state index contributed by atoms with van der Waals surface area (Å²) in [5, 5.41) is 5.17. The molecule has 0 aromatic rings. The van der Waals surface area contributed by atoms with Gasteiger partial charge in [0.05, 0.1) is 26.4 Å². The summed E-state index contributed by atoms with van der Waals surface area (Å²) in [6.45, 7) is 5.09. The number of morpholine rings is 2. The number of carbonyl (C=O) groups is 1. The molecule has 1 amide bonds. The molecule has 6 heteroatoms. The van der Waals surface area contributed by atoms with Crippen molar-refractivity contribution in [3.63, 3.8) is 0 Å². The van der Waals surface area contributed by atoms with Gasteiger partial charge in [0.15, 0.2) is 0 Å². The minimum atomic E-state index is 0.0462. The van der Waals surface area contributed by atoms with Crippen molar-refractivity contribution in [2.75, 3.05) is 46.1 Å². The molecular weight excluding hydrogens is 210 g/mol. The van der Waals surface area contributed by atoms with Crippen LogP contribution < -0.4 is 10.7 Å². The van der Waals surface area contributed by atoms with Crippen LogP contribution in [0.3, 0.4) is 0 Å². The van der Waals surface area contributed by atoms with Crippen LogP contribution in [0.4, 0.5) is 0 Å². The molecular formula is C10H19N3O3. The van der Waals surface area contributed by atoms with Crippen molar-refractivity contribution in [2.45, 2.75) is 12.5 Å². The number of hydrogen-bond acceptors (Lipinski definition) is 5. The monoisotopic (exact) mass is 229 g/mol. The maximum atomic E-state index is 11.7. The van der Waals surface area contributed by atoms with Gasteiger partial charge in [0.25, 0.3) is 0 Å². The Bertz CT molecular complexity index is 203.